The molecule has 6 heteroatoms. The number of nitrogens with two attached hydrogens (primary N) is 1. The van der Waals surface area contributed by atoms with Crippen LogP contribution in [0.1, 0.15) is 16.1 Å². The molecule has 0 fully saturated rings. The number of nitrogens with zero attached hydrogens (tertiary/aromatic N) is 2. The Hall–Kier alpha value is -2.01. The third-order valence-electron chi connectivity index (χ3n) is 2.75. The minimum absolute atomic E-state index is 0.293. The number of aromatic nitrogens is 2. The van der Waals surface area contributed by atoms with Gasteiger partial charge in [0.1, 0.15) is 0 Å². The summed E-state index contributed by atoms with van der Waals surface area (Å²) in [7, 11) is 1.84. The number of carbonyl (C=O) groups excluding carboxylic acids is 1. The summed E-state index contributed by atoms with van der Waals surface area (Å²) in [6, 6.07) is 6.56. The Morgan fingerprint density at radius 2 is 2.26 bits per heavy atom. The van der Waals surface area contributed by atoms with Crippen LogP contribution in [0.15, 0.2) is 30.5 Å². The van der Waals surface area contributed by atoms with Crippen molar-refractivity contribution in [2.24, 2.45) is 7.05 Å². The number of anilines is 1. The molecule has 0 aliphatic heterocycles. The normalized spacial score (nSPS) is 10.4. The van der Waals surface area contributed by atoms with Crippen LogP contribution in [0.4, 0.5) is 5.69 Å². The lowest BCUT2D eigenvalue weighted by Gasteiger charge is -2.06. The second-order valence-corrected chi connectivity index (χ2v) is 4.48. The molecule has 0 aliphatic rings. The van der Waals surface area contributed by atoms with Crippen molar-refractivity contribution in [3.05, 3.63) is 46.7 Å². The van der Waals surface area contributed by atoms with Crippen LogP contribution in [0.5, 0.6) is 0 Å². The summed E-state index contributed by atoms with van der Waals surface area (Å²) < 4.78 is 6.92. The van der Waals surface area contributed by atoms with Crippen LogP contribution in [0.3, 0.4) is 0 Å². The summed E-state index contributed by atoms with van der Waals surface area (Å²) in [6.45, 7) is 0.293. The van der Waals surface area contributed by atoms with E-state index in [1.807, 2.05) is 13.1 Å². The number of hydrogen-bond acceptors (Lipinski definition) is 4. The monoisotopic (exact) mass is 279 g/mol. The maximum atomic E-state index is 11.8. The van der Waals surface area contributed by atoms with Crippen molar-refractivity contribution in [2.45, 2.75) is 6.42 Å². The number of esters is 1. The fourth-order valence-electron chi connectivity index (χ4n) is 1.65. The van der Waals surface area contributed by atoms with Crippen molar-refractivity contribution in [2.75, 3.05) is 12.3 Å². The number of halogens is 1. The maximum absolute atomic E-state index is 11.8. The van der Waals surface area contributed by atoms with E-state index in [0.717, 1.165) is 5.69 Å². The predicted octanol–water partition coefficient (Wildman–Crippen LogP) is 2.06. The van der Waals surface area contributed by atoms with E-state index in [-0.39, 0.29) is 0 Å². The SMILES string of the molecule is Cn1nccc1CCOC(=O)c1ccc(Cl)c(N)c1. The van der Waals surface area contributed by atoms with Gasteiger partial charge in [-0.15, -0.1) is 0 Å². The van der Waals surface area contributed by atoms with Crippen molar-refractivity contribution >= 4 is 23.3 Å². The van der Waals surface area contributed by atoms with Crippen LogP contribution in [0.25, 0.3) is 0 Å². The molecule has 0 amide bonds. The Balaban J connectivity index is 1.91. The molecule has 0 bridgehead atoms. The first kappa shape index (κ1) is 13.4. The van der Waals surface area contributed by atoms with E-state index in [4.69, 9.17) is 22.1 Å². The first-order valence-corrected chi connectivity index (χ1v) is 6.15. The minimum Gasteiger partial charge on any atom is -0.462 e. The Labute approximate surface area is 115 Å². The molecule has 100 valence electrons. The maximum Gasteiger partial charge on any atom is 0.338 e. The first-order chi connectivity index (χ1) is 9.08. The minimum atomic E-state index is -0.412. The van der Waals surface area contributed by atoms with Crippen molar-refractivity contribution in [1.29, 1.82) is 0 Å². The van der Waals surface area contributed by atoms with Gasteiger partial charge in [0.25, 0.3) is 0 Å². The highest BCUT2D eigenvalue weighted by molar-refractivity contribution is 6.33. The van der Waals surface area contributed by atoms with E-state index in [2.05, 4.69) is 5.10 Å². The molecule has 0 atom stereocenters. The molecule has 1 aromatic heterocycles. The van der Waals surface area contributed by atoms with Crippen LogP contribution >= 0.6 is 11.6 Å². The van der Waals surface area contributed by atoms with Crippen molar-refractivity contribution in [1.82, 2.24) is 9.78 Å². The van der Waals surface area contributed by atoms with Crippen molar-refractivity contribution in [3.8, 4) is 0 Å². The summed E-state index contributed by atoms with van der Waals surface area (Å²) in [6.07, 6.45) is 2.32. The number of ether oxygens (including phenoxy) is 1. The van der Waals surface area contributed by atoms with E-state index >= 15 is 0 Å². The highest BCUT2D eigenvalue weighted by atomic mass is 35.5. The molecular weight excluding hydrogens is 266 g/mol. The smallest absolute Gasteiger partial charge is 0.338 e. The lowest BCUT2D eigenvalue weighted by Crippen LogP contribution is -2.10. The van der Waals surface area contributed by atoms with Crippen LogP contribution in [-0.2, 0) is 18.2 Å². The van der Waals surface area contributed by atoms with Crippen LogP contribution in [0.2, 0.25) is 5.02 Å². The largest absolute Gasteiger partial charge is 0.462 e. The second kappa shape index (κ2) is 5.75. The van der Waals surface area contributed by atoms with Crippen LogP contribution in [-0.4, -0.2) is 22.4 Å². The van der Waals surface area contributed by atoms with Gasteiger partial charge in [-0.3, -0.25) is 4.68 Å². The molecule has 5 nitrogen and oxygen atoms in total. The molecule has 2 rings (SSSR count). The number of carbonyl (C=O) groups is 1. The molecule has 0 spiro atoms. The molecule has 2 N–H and O–H groups in total. The van der Waals surface area contributed by atoms with Gasteiger partial charge in [0.05, 0.1) is 22.9 Å². The Kier molecular flexibility index (Phi) is 4.06. The number of rotatable bonds is 4. The zero-order valence-electron chi connectivity index (χ0n) is 10.5. The van der Waals surface area contributed by atoms with Crippen molar-refractivity contribution < 1.29 is 9.53 Å². The lowest BCUT2D eigenvalue weighted by atomic mass is 10.2. The molecule has 19 heavy (non-hydrogen) atoms. The predicted molar refractivity (Wildman–Crippen MR) is 73.1 cm³/mol. The zero-order valence-corrected chi connectivity index (χ0v) is 11.2. The van der Waals surface area contributed by atoms with E-state index in [1.165, 1.54) is 6.07 Å². The molecule has 2 aromatic rings. The molecular formula is C13H14ClN3O2. The summed E-state index contributed by atoms with van der Waals surface area (Å²) in [4.78, 5) is 11.8. The van der Waals surface area contributed by atoms with Gasteiger partial charge in [-0.25, -0.2) is 4.79 Å². The van der Waals surface area contributed by atoms with Gasteiger partial charge >= 0.3 is 5.97 Å². The number of hydrogen-bond donors (Lipinski definition) is 1. The van der Waals surface area contributed by atoms with Gasteiger partial charge in [-0.1, -0.05) is 11.6 Å². The average molecular weight is 280 g/mol. The highest BCUT2D eigenvalue weighted by Crippen LogP contribution is 2.19. The fraction of sp³-hybridized carbons (Fsp3) is 0.231. The average Bonchev–Trinajstić information content (AvgIpc) is 2.78. The summed E-state index contributed by atoms with van der Waals surface area (Å²) in [5.41, 5.74) is 7.39. The third-order valence-corrected chi connectivity index (χ3v) is 3.09. The zero-order chi connectivity index (χ0) is 13.8. The number of nitrogen functional groups attached to an aromatic ring is 1. The third kappa shape index (κ3) is 3.26. The van der Waals surface area contributed by atoms with Crippen LogP contribution in [0, 0.1) is 0 Å². The Morgan fingerprint density at radius 3 is 2.89 bits per heavy atom. The van der Waals surface area contributed by atoms with E-state index in [0.29, 0.717) is 29.3 Å². The number of aryl methyl sites for hydroxylation is 1. The van der Waals surface area contributed by atoms with E-state index in [1.54, 1.807) is 23.0 Å². The first-order valence-electron chi connectivity index (χ1n) is 5.77. The molecule has 0 aliphatic carbocycles. The second-order valence-electron chi connectivity index (χ2n) is 4.07. The van der Waals surface area contributed by atoms with Gasteiger partial charge in [0, 0.05) is 25.4 Å². The molecule has 0 saturated heterocycles. The summed E-state index contributed by atoms with van der Waals surface area (Å²) in [5.74, 6) is -0.412. The lowest BCUT2D eigenvalue weighted by molar-refractivity contribution is 0.0507. The highest BCUT2D eigenvalue weighted by Gasteiger charge is 2.09. The van der Waals surface area contributed by atoms with Crippen molar-refractivity contribution in [3.63, 3.8) is 0 Å². The van der Waals surface area contributed by atoms with Crippen LogP contribution < -0.4 is 5.73 Å². The molecule has 1 aromatic carbocycles. The van der Waals surface area contributed by atoms with Gasteiger partial charge < -0.3 is 10.5 Å². The van der Waals surface area contributed by atoms with Gasteiger partial charge in [-0.05, 0) is 24.3 Å². The fourth-order valence-corrected chi connectivity index (χ4v) is 1.77. The molecule has 0 saturated carbocycles. The standard InChI is InChI=1S/C13H14ClN3O2/c1-17-10(4-6-16-17)5-7-19-13(18)9-2-3-11(14)12(15)8-9/h2-4,6,8H,5,7,15H2,1H3. The molecule has 0 radical (unpaired) electrons. The van der Waals surface area contributed by atoms with Gasteiger partial charge in [-0.2, -0.15) is 5.10 Å². The molecule has 1 heterocycles. The van der Waals surface area contributed by atoms with Gasteiger partial charge in [0.2, 0.25) is 0 Å². The summed E-state index contributed by atoms with van der Waals surface area (Å²) in [5, 5.41) is 4.46. The Morgan fingerprint density at radius 1 is 1.47 bits per heavy atom. The van der Waals surface area contributed by atoms with E-state index < -0.39 is 5.97 Å². The number of benzene rings is 1. The Bertz CT molecular complexity index is 595. The van der Waals surface area contributed by atoms with Gasteiger partial charge in [0.15, 0.2) is 0 Å². The summed E-state index contributed by atoms with van der Waals surface area (Å²) >= 11 is 5.79. The quantitative estimate of drug-likeness (QED) is 0.687. The topological polar surface area (TPSA) is 70.1 Å². The van der Waals surface area contributed by atoms with E-state index in [9.17, 15) is 4.79 Å². The molecule has 0 unspecified atom stereocenters.